The smallest absolute Gasteiger partial charge is 0.332 e. The van der Waals surface area contributed by atoms with Crippen molar-refractivity contribution in [3.63, 3.8) is 0 Å². The van der Waals surface area contributed by atoms with Crippen LogP contribution in [0.15, 0.2) is 0 Å². The highest BCUT2D eigenvalue weighted by molar-refractivity contribution is 5.74. The van der Waals surface area contributed by atoms with Crippen LogP contribution in [0.1, 0.15) is 13.3 Å². The van der Waals surface area contributed by atoms with Gasteiger partial charge in [-0.25, -0.2) is 4.79 Å². The van der Waals surface area contributed by atoms with Crippen LogP contribution < -0.4 is 5.32 Å². The minimum atomic E-state index is -1.66. The molecule has 1 heterocycles. The van der Waals surface area contributed by atoms with Gasteiger partial charge in [-0.15, -0.1) is 0 Å². The fourth-order valence-electron chi connectivity index (χ4n) is 2.11. The number of aliphatic hydroxyl groups is 4. The molecule has 1 aliphatic heterocycles. The molecule has 0 saturated carbocycles. The van der Waals surface area contributed by atoms with Crippen LogP contribution in [0.2, 0.25) is 0 Å². The zero-order valence-electron chi connectivity index (χ0n) is 10.8. The van der Waals surface area contributed by atoms with Gasteiger partial charge in [-0.2, -0.15) is 0 Å². The minimum absolute atomic E-state index is 0.265. The van der Waals surface area contributed by atoms with Gasteiger partial charge in [0.1, 0.15) is 18.3 Å². The summed E-state index contributed by atoms with van der Waals surface area (Å²) in [5.41, 5.74) is 0. The van der Waals surface area contributed by atoms with Crippen LogP contribution in [-0.2, 0) is 14.3 Å². The number of amides is 1. The molecule has 20 heavy (non-hydrogen) atoms. The Hall–Kier alpha value is -1.26. The van der Waals surface area contributed by atoms with Crippen LogP contribution in [0.3, 0.4) is 0 Å². The van der Waals surface area contributed by atoms with E-state index >= 15 is 0 Å². The number of ether oxygens (including phenoxy) is 1. The number of carbonyl (C=O) groups is 2. The van der Waals surface area contributed by atoms with E-state index < -0.39 is 55.0 Å². The average molecular weight is 293 g/mol. The molecule has 4 unspecified atom stereocenters. The molecule has 116 valence electrons. The van der Waals surface area contributed by atoms with Crippen molar-refractivity contribution in [3.05, 3.63) is 0 Å². The molecule has 0 aromatic heterocycles. The Morgan fingerprint density at radius 2 is 2.00 bits per heavy atom. The number of hydrogen-bond donors (Lipinski definition) is 6. The first-order chi connectivity index (χ1) is 9.27. The topological polar surface area (TPSA) is 157 Å². The monoisotopic (exact) mass is 293 g/mol. The van der Waals surface area contributed by atoms with Crippen molar-refractivity contribution < 1.29 is 39.9 Å². The Bertz CT molecular complexity index is 362. The Labute approximate surface area is 114 Å². The van der Waals surface area contributed by atoms with Gasteiger partial charge in [-0.1, -0.05) is 0 Å². The van der Waals surface area contributed by atoms with Crippen LogP contribution in [0, 0.1) is 0 Å². The van der Waals surface area contributed by atoms with E-state index in [0.717, 1.165) is 0 Å². The van der Waals surface area contributed by atoms with E-state index in [1.54, 1.807) is 0 Å². The molecular formula is C11H19NO8. The molecule has 0 bridgehead atoms. The molecule has 1 amide bonds. The van der Waals surface area contributed by atoms with Gasteiger partial charge in [0.2, 0.25) is 5.91 Å². The van der Waals surface area contributed by atoms with E-state index in [1.165, 1.54) is 6.92 Å². The molecule has 1 saturated heterocycles. The van der Waals surface area contributed by atoms with Crippen molar-refractivity contribution in [1.29, 1.82) is 0 Å². The van der Waals surface area contributed by atoms with E-state index in [2.05, 4.69) is 5.32 Å². The summed E-state index contributed by atoms with van der Waals surface area (Å²) in [6.45, 7) is 0.406. The van der Waals surface area contributed by atoms with Gasteiger partial charge >= 0.3 is 5.97 Å². The molecular weight excluding hydrogens is 274 g/mol. The van der Waals surface area contributed by atoms with Crippen LogP contribution in [0.4, 0.5) is 0 Å². The molecule has 9 heteroatoms. The van der Waals surface area contributed by atoms with Crippen molar-refractivity contribution in [2.75, 3.05) is 6.61 Å². The highest BCUT2D eigenvalue weighted by Crippen LogP contribution is 2.24. The fourth-order valence-corrected chi connectivity index (χ4v) is 2.11. The van der Waals surface area contributed by atoms with Crippen molar-refractivity contribution >= 4 is 11.9 Å². The SMILES string of the molecule is CC(=O)NC1C(O)CC(C(=O)O)OC1[C@H](O)[C@H](O)CO. The Morgan fingerprint density at radius 1 is 1.40 bits per heavy atom. The zero-order valence-corrected chi connectivity index (χ0v) is 10.8. The lowest BCUT2D eigenvalue weighted by molar-refractivity contribution is -0.195. The summed E-state index contributed by atoms with van der Waals surface area (Å²) in [6.07, 6.45) is -7.51. The van der Waals surface area contributed by atoms with Gasteiger partial charge < -0.3 is 35.6 Å². The van der Waals surface area contributed by atoms with E-state index in [1.807, 2.05) is 0 Å². The Kier molecular flexibility index (Phi) is 5.84. The summed E-state index contributed by atoms with van der Waals surface area (Å²) < 4.78 is 5.12. The van der Waals surface area contributed by atoms with Gasteiger partial charge in [0.05, 0.1) is 18.8 Å². The van der Waals surface area contributed by atoms with Gasteiger partial charge in [0.15, 0.2) is 6.10 Å². The summed E-state index contributed by atoms with van der Waals surface area (Å²) in [5.74, 6) is -1.84. The van der Waals surface area contributed by atoms with Crippen LogP contribution in [-0.4, -0.2) is 80.6 Å². The minimum Gasteiger partial charge on any atom is -0.479 e. The summed E-state index contributed by atoms with van der Waals surface area (Å²) in [7, 11) is 0. The Morgan fingerprint density at radius 3 is 2.45 bits per heavy atom. The molecule has 0 aromatic rings. The lowest BCUT2D eigenvalue weighted by atomic mass is 9.90. The van der Waals surface area contributed by atoms with E-state index in [4.69, 9.17) is 14.9 Å². The molecule has 0 radical (unpaired) electrons. The van der Waals surface area contributed by atoms with Crippen LogP contribution in [0.25, 0.3) is 0 Å². The third kappa shape index (κ3) is 3.87. The normalized spacial score (nSPS) is 33.2. The number of rotatable bonds is 5. The largest absolute Gasteiger partial charge is 0.479 e. The lowest BCUT2D eigenvalue weighted by Gasteiger charge is -2.41. The molecule has 1 fully saturated rings. The number of nitrogens with one attached hydrogen (secondary N) is 1. The molecule has 0 spiro atoms. The predicted octanol–water partition coefficient (Wildman–Crippen LogP) is -3.19. The second kappa shape index (κ2) is 6.95. The van der Waals surface area contributed by atoms with Crippen molar-refractivity contribution in [2.45, 2.75) is 49.9 Å². The van der Waals surface area contributed by atoms with Crippen molar-refractivity contribution in [2.24, 2.45) is 0 Å². The second-order valence-electron chi connectivity index (χ2n) is 4.70. The first kappa shape index (κ1) is 16.8. The first-order valence-electron chi connectivity index (χ1n) is 6.08. The van der Waals surface area contributed by atoms with Crippen LogP contribution >= 0.6 is 0 Å². The fraction of sp³-hybridized carbons (Fsp3) is 0.818. The molecule has 6 atom stereocenters. The highest BCUT2D eigenvalue weighted by atomic mass is 16.5. The van der Waals surface area contributed by atoms with Gasteiger partial charge in [0, 0.05) is 13.3 Å². The number of hydrogen-bond acceptors (Lipinski definition) is 7. The summed E-state index contributed by atoms with van der Waals surface area (Å²) in [5, 5.41) is 49.2. The van der Waals surface area contributed by atoms with E-state index in [0.29, 0.717) is 0 Å². The predicted molar refractivity (Wildman–Crippen MR) is 63.6 cm³/mol. The van der Waals surface area contributed by atoms with Gasteiger partial charge in [-0.05, 0) is 0 Å². The number of carbonyl (C=O) groups excluding carboxylic acids is 1. The maximum atomic E-state index is 11.1. The number of carboxylic acid groups (broad SMARTS) is 1. The summed E-state index contributed by atoms with van der Waals surface area (Å²) in [6, 6.07) is -1.08. The molecule has 9 nitrogen and oxygen atoms in total. The number of aliphatic hydroxyl groups excluding tert-OH is 4. The third-order valence-electron chi connectivity index (χ3n) is 3.11. The van der Waals surface area contributed by atoms with Gasteiger partial charge in [-0.3, -0.25) is 4.79 Å². The quantitative estimate of drug-likeness (QED) is 0.309. The maximum Gasteiger partial charge on any atom is 0.332 e. The molecule has 0 aromatic carbocycles. The third-order valence-corrected chi connectivity index (χ3v) is 3.11. The highest BCUT2D eigenvalue weighted by Gasteiger charge is 2.45. The lowest BCUT2D eigenvalue weighted by Crippen LogP contribution is -2.63. The van der Waals surface area contributed by atoms with E-state index in [9.17, 15) is 24.9 Å². The number of aliphatic carboxylic acids is 1. The number of carboxylic acids is 1. The van der Waals surface area contributed by atoms with Crippen molar-refractivity contribution in [3.8, 4) is 0 Å². The average Bonchev–Trinajstić information content (AvgIpc) is 2.38. The zero-order chi connectivity index (χ0) is 15.4. The molecule has 6 N–H and O–H groups in total. The molecule has 1 rings (SSSR count). The Balaban J connectivity index is 2.94. The van der Waals surface area contributed by atoms with Gasteiger partial charge in [0.25, 0.3) is 0 Å². The summed E-state index contributed by atoms with van der Waals surface area (Å²) in [4.78, 5) is 22.0. The summed E-state index contributed by atoms with van der Waals surface area (Å²) >= 11 is 0. The molecule has 1 aliphatic rings. The maximum absolute atomic E-state index is 11.1. The molecule has 0 aliphatic carbocycles. The van der Waals surface area contributed by atoms with Crippen LogP contribution in [0.5, 0.6) is 0 Å². The van der Waals surface area contributed by atoms with E-state index in [-0.39, 0.29) is 6.42 Å². The first-order valence-corrected chi connectivity index (χ1v) is 6.08. The van der Waals surface area contributed by atoms with Crippen molar-refractivity contribution in [1.82, 2.24) is 5.32 Å². The second-order valence-corrected chi connectivity index (χ2v) is 4.70. The standard InChI is InChI=1S/C11H19NO8/c1-4(14)12-8-5(15)2-7(11(18)19)20-10(8)9(17)6(16)3-13/h5-10,13,15-17H,2-3H2,1H3,(H,12,14)(H,18,19)/t5?,6-,7?,8?,9-,10?/m1/s1.